The van der Waals surface area contributed by atoms with E-state index in [9.17, 15) is 9.90 Å². The van der Waals surface area contributed by atoms with Gasteiger partial charge >= 0.3 is 0 Å². The number of hydrogen-bond acceptors (Lipinski definition) is 3. The van der Waals surface area contributed by atoms with Gasteiger partial charge in [-0.05, 0) is 24.5 Å². The van der Waals surface area contributed by atoms with Crippen molar-refractivity contribution in [2.75, 3.05) is 5.75 Å². The van der Waals surface area contributed by atoms with Gasteiger partial charge in [0, 0.05) is 5.97 Å². The Balaban J connectivity index is 3.51. The lowest BCUT2D eigenvalue weighted by atomic mass is 9.98. The van der Waals surface area contributed by atoms with Gasteiger partial charge in [-0.2, -0.15) is 12.6 Å². The normalized spacial score (nSPS) is 12.8. The quantitative estimate of drug-likeness (QED) is 0.481. The summed E-state index contributed by atoms with van der Waals surface area (Å²) < 4.78 is 0. The largest absolute Gasteiger partial charge is 0.550 e. The van der Waals surface area contributed by atoms with Crippen molar-refractivity contribution in [1.82, 2.24) is 0 Å². The highest BCUT2D eigenvalue weighted by atomic mass is 32.1. The molecule has 1 unspecified atom stereocenters. The highest BCUT2D eigenvalue weighted by Gasteiger charge is 2.07. The first-order valence-electron chi connectivity index (χ1n) is 5.04. The number of carboxylic acids is 1. The maximum Gasteiger partial charge on any atom is 0.0445 e. The minimum absolute atomic E-state index is 0.283. The Bertz CT molecular complexity index is 137. The Hall–Kier alpha value is -0.180. The van der Waals surface area contributed by atoms with Gasteiger partial charge in [0.25, 0.3) is 0 Å². The van der Waals surface area contributed by atoms with E-state index in [1.807, 2.05) is 0 Å². The molecule has 0 saturated heterocycles. The first-order chi connectivity index (χ1) is 6.22. The van der Waals surface area contributed by atoms with Gasteiger partial charge in [0.15, 0.2) is 0 Å². The summed E-state index contributed by atoms with van der Waals surface area (Å²) in [6.45, 7) is 2.14. The van der Waals surface area contributed by atoms with Gasteiger partial charge in [-0.3, -0.25) is 0 Å². The predicted octanol–water partition coefficient (Wildman–Crippen LogP) is 1.64. The number of carboxylic acid groups (broad SMARTS) is 1. The molecule has 78 valence electrons. The van der Waals surface area contributed by atoms with Crippen molar-refractivity contribution in [3.05, 3.63) is 0 Å². The second kappa shape index (κ2) is 8.42. The lowest BCUT2D eigenvalue weighted by molar-refractivity contribution is -0.311. The molecular weight excluding hydrogens is 184 g/mol. The summed E-state index contributed by atoms with van der Waals surface area (Å²) in [6, 6.07) is 0. The average Bonchev–Trinajstić information content (AvgIpc) is 2.10. The third kappa shape index (κ3) is 6.94. The van der Waals surface area contributed by atoms with E-state index in [0.717, 1.165) is 19.3 Å². The molecule has 0 saturated carbocycles. The van der Waals surface area contributed by atoms with E-state index >= 15 is 0 Å². The molecule has 0 aliphatic heterocycles. The number of carbonyl (C=O) groups excluding carboxylic acids is 1. The molecule has 0 fully saturated rings. The fourth-order valence-corrected chi connectivity index (χ4v) is 1.67. The van der Waals surface area contributed by atoms with Crippen LogP contribution in [0.4, 0.5) is 0 Å². The van der Waals surface area contributed by atoms with Crippen molar-refractivity contribution in [2.45, 2.75) is 45.4 Å². The summed E-state index contributed by atoms with van der Waals surface area (Å²) in [6.07, 6.45) is 5.90. The highest BCUT2D eigenvalue weighted by Crippen LogP contribution is 2.14. The van der Waals surface area contributed by atoms with Gasteiger partial charge in [0.05, 0.1) is 0 Å². The van der Waals surface area contributed by atoms with Gasteiger partial charge in [0.2, 0.25) is 0 Å². The summed E-state index contributed by atoms with van der Waals surface area (Å²) in [5.41, 5.74) is 0. The lowest BCUT2D eigenvalue weighted by Crippen LogP contribution is -2.31. The lowest BCUT2D eigenvalue weighted by Gasteiger charge is -2.16. The SMILES string of the molecule is CCCCCCC(CCS)C(=O)[O-]. The van der Waals surface area contributed by atoms with Crippen molar-refractivity contribution in [3.63, 3.8) is 0 Å². The van der Waals surface area contributed by atoms with Crippen LogP contribution in [0.15, 0.2) is 0 Å². The second-order valence-corrected chi connectivity index (χ2v) is 3.82. The van der Waals surface area contributed by atoms with Crippen molar-refractivity contribution in [2.24, 2.45) is 5.92 Å². The smallest absolute Gasteiger partial charge is 0.0445 e. The summed E-state index contributed by atoms with van der Waals surface area (Å²) in [5.74, 6) is -0.563. The minimum Gasteiger partial charge on any atom is -0.550 e. The Morgan fingerprint density at radius 3 is 2.46 bits per heavy atom. The summed E-state index contributed by atoms with van der Waals surface area (Å²) >= 11 is 4.03. The number of aliphatic carboxylic acids is 1. The van der Waals surface area contributed by atoms with Gasteiger partial charge in [-0.1, -0.05) is 32.6 Å². The molecular formula is C10H19O2S-. The predicted molar refractivity (Wildman–Crippen MR) is 55.7 cm³/mol. The van der Waals surface area contributed by atoms with E-state index in [1.165, 1.54) is 12.8 Å². The van der Waals surface area contributed by atoms with Crippen LogP contribution < -0.4 is 5.11 Å². The molecule has 0 radical (unpaired) electrons. The minimum atomic E-state index is -0.912. The molecule has 0 aromatic carbocycles. The first kappa shape index (κ1) is 12.8. The van der Waals surface area contributed by atoms with Crippen molar-refractivity contribution < 1.29 is 9.90 Å². The third-order valence-corrected chi connectivity index (χ3v) is 2.48. The number of rotatable bonds is 8. The molecule has 0 aliphatic rings. The molecule has 1 atom stereocenters. The summed E-state index contributed by atoms with van der Waals surface area (Å²) in [5, 5.41) is 10.6. The molecule has 0 bridgehead atoms. The van der Waals surface area contributed by atoms with E-state index in [1.54, 1.807) is 0 Å². The standard InChI is InChI=1S/C10H20O2S/c1-2-3-4-5-6-9(7-8-13)10(11)12/h9,13H,2-8H2,1H3,(H,11,12)/p-1. The van der Waals surface area contributed by atoms with Crippen LogP contribution in [0.2, 0.25) is 0 Å². The van der Waals surface area contributed by atoms with Gasteiger partial charge < -0.3 is 9.90 Å². The van der Waals surface area contributed by atoms with E-state index < -0.39 is 5.97 Å². The fourth-order valence-electron chi connectivity index (χ4n) is 1.35. The molecule has 0 amide bonds. The van der Waals surface area contributed by atoms with Crippen LogP contribution in [-0.4, -0.2) is 11.7 Å². The number of thiol groups is 1. The van der Waals surface area contributed by atoms with Crippen LogP contribution in [0.1, 0.15) is 45.4 Å². The molecule has 0 spiro atoms. The highest BCUT2D eigenvalue weighted by molar-refractivity contribution is 7.80. The molecule has 3 heteroatoms. The second-order valence-electron chi connectivity index (χ2n) is 3.38. The van der Waals surface area contributed by atoms with Crippen molar-refractivity contribution in [1.29, 1.82) is 0 Å². The Kier molecular flexibility index (Phi) is 8.30. The summed E-state index contributed by atoms with van der Waals surface area (Å²) in [7, 11) is 0. The van der Waals surface area contributed by atoms with E-state index in [4.69, 9.17) is 0 Å². The van der Waals surface area contributed by atoms with Crippen LogP contribution in [-0.2, 0) is 4.79 Å². The zero-order valence-corrected chi connectivity index (χ0v) is 9.19. The number of hydrogen-bond donors (Lipinski definition) is 1. The molecule has 2 nitrogen and oxygen atoms in total. The van der Waals surface area contributed by atoms with Crippen molar-refractivity contribution >= 4 is 18.6 Å². The molecule has 13 heavy (non-hydrogen) atoms. The van der Waals surface area contributed by atoms with E-state index in [0.29, 0.717) is 12.2 Å². The zero-order valence-electron chi connectivity index (χ0n) is 8.29. The Morgan fingerprint density at radius 2 is 2.00 bits per heavy atom. The van der Waals surface area contributed by atoms with Crippen LogP contribution in [0.5, 0.6) is 0 Å². The third-order valence-electron chi connectivity index (χ3n) is 2.22. The van der Waals surface area contributed by atoms with Crippen LogP contribution in [0.3, 0.4) is 0 Å². The molecule has 0 rings (SSSR count). The zero-order chi connectivity index (χ0) is 10.1. The maximum atomic E-state index is 10.6. The monoisotopic (exact) mass is 203 g/mol. The number of unbranched alkanes of at least 4 members (excludes halogenated alkanes) is 3. The topological polar surface area (TPSA) is 40.1 Å². The van der Waals surface area contributed by atoms with Crippen LogP contribution in [0, 0.1) is 5.92 Å². The van der Waals surface area contributed by atoms with Gasteiger partial charge in [0.1, 0.15) is 0 Å². The van der Waals surface area contributed by atoms with E-state index in [2.05, 4.69) is 19.6 Å². The van der Waals surface area contributed by atoms with Gasteiger partial charge in [-0.15, -0.1) is 0 Å². The van der Waals surface area contributed by atoms with Gasteiger partial charge in [-0.25, -0.2) is 0 Å². The fraction of sp³-hybridized carbons (Fsp3) is 0.900. The van der Waals surface area contributed by atoms with Crippen LogP contribution in [0.25, 0.3) is 0 Å². The molecule has 0 aromatic rings. The Labute approximate surface area is 86.1 Å². The van der Waals surface area contributed by atoms with E-state index in [-0.39, 0.29) is 5.92 Å². The molecule has 0 aliphatic carbocycles. The molecule has 0 aromatic heterocycles. The van der Waals surface area contributed by atoms with Crippen LogP contribution >= 0.6 is 12.6 Å². The number of carbonyl (C=O) groups is 1. The molecule has 0 N–H and O–H groups in total. The molecule has 0 heterocycles. The average molecular weight is 203 g/mol. The summed E-state index contributed by atoms with van der Waals surface area (Å²) in [4.78, 5) is 10.6. The van der Waals surface area contributed by atoms with Crippen molar-refractivity contribution in [3.8, 4) is 0 Å². The maximum absolute atomic E-state index is 10.6. The first-order valence-corrected chi connectivity index (χ1v) is 5.67. The Morgan fingerprint density at radius 1 is 1.31 bits per heavy atom.